The van der Waals surface area contributed by atoms with E-state index in [-0.39, 0.29) is 6.04 Å². The summed E-state index contributed by atoms with van der Waals surface area (Å²) in [6.07, 6.45) is 0.379. The van der Waals surface area contributed by atoms with Crippen LogP contribution in [0, 0.1) is 25.2 Å². The number of hydrogen-bond donors (Lipinski definition) is 1. The van der Waals surface area contributed by atoms with Crippen molar-refractivity contribution in [2.24, 2.45) is 5.73 Å². The van der Waals surface area contributed by atoms with Gasteiger partial charge in [-0.25, -0.2) is 0 Å². The summed E-state index contributed by atoms with van der Waals surface area (Å²) in [5, 5.41) is 8.53. The molecule has 13 heavy (non-hydrogen) atoms. The molecule has 1 atom stereocenters. The number of nitriles is 1. The quantitative estimate of drug-likeness (QED) is 0.747. The Morgan fingerprint density at radius 1 is 1.46 bits per heavy atom. The monoisotopic (exact) mass is 174 g/mol. The smallest absolute Gasteiger partial charge is 0.0641 e. The Morgan fingerprint density at radius 3 is 2.77 bits per heavy atom. The fourth-order valence-electron chi connectivity index (χ4n) is 1.37. The predicted octanol–water partition coefficient (Wildman–Crippen LogP) is 2.22. The van der Waals surface area contributed by atoms with Crippen LogP contribution in [0.3, 0.4) is 0 Å². The minimum Gasteiger partial charge on any atom is -0.323 e. The molecule has 0 radical (unpaired) electrons. The lowest BCUT2D eigenvalue weighted by atomic mass is 9.98. The number of nitrogens with zero attached hydrogens (tertiary/aromatic N) is 1. The molecule has 1 aromatic carbocycles. The van der Waals surface area contributed by atoms with E-state index >= 15 is 0 Å². The fraction of sp³-hybridized carbons (Fsp3) is 0.364. The molecule has 68 valence electrons. The second-order valence-electron chi connectivity index (χ2n) is 3.33. The van der Waals surface area contributed by atoms with Crippen molar-refractivity contribution in [1.82, 2.24) is 0 Å². The zero-order valence-corrected chi connectivity index (χ0v) is 8.04. The summed E-state index contributed by atoms with van der Waals surface area (Å²) in [6, 6.07) is 8.09. The fourth-order valence-corrected chi connectivity index (χ4v) is 1.37. The van der Waals surface area contributed by atoms with Gasteiger partial charge >= 0.3 is 0 Å². The second-order valence-corrected chi connectivity index (χ2v) is 3.33. The van der Waals surface area contributed by atoms with Crippen molar-refractivity contribution in [3.8, 4) is 6.07 Å². The minimum absolute atomic E-state index is 0.148. The highest BCUT2D eigenvalue weighted by Gasteiger charge is 2.07. The molecule has 0 aromatic heterocycles. The van der Waals surface area contributed by atoms with E-state index in [0.717, 1.165) is 11.1 Å². The van der Waals surface area contributed by atoms with Crippen LogP contribution in [0.5, 0.6) is 0 Å². The average molecular weight is 174 g/mol. The molecule has 0 unspecified atom stereocenters. The minimum atomic E-state index is -0.148. The van der Waals surface area contributed by atoms with Crippen LogP contribution >= 0.6 is 0 Å². The first-order valence-corrected chi connectivity index (χ1v) is 4.35. The van der Waals surface area contributed by atoms with Gasteiger partial charge in [-0.15, -0.1) is 0 Å². The summed E-state index contributed by atoms with van der Waals surface area (Å²) < 4.78 is 0. The normalized spacial score (nSPS) is 12.2. The highest BCUT2D eigenvalue weighted by Crippen LogP contribution is 2.19. The molecule has 0 aliphatic rings. The summed E-state index contributed by atoms with van der Waals surface area (Å²) in [5.74, 6) is 0. The maximum Gasteiger partial charge on any atom is 0.0641 e. The van der Waals surface area contributed by atoms with Crippen molar-refractivity contribution in [3.63, 3.8) is 0 Å². The zero-order chi connectivity index (χ0) is 9.84. The van der Waals surface area contributed by atoms with Gasteiger partial charge in [0.15, 0.2) is 0 Å². The van der Waals surface area contributed by atoms with Crippen molar-refractivity contribution in [3.05, 3.63) is 34.9 Å². The van der Waals surface area contributed by atoms with Crippen LogP contribution in [-0.2, 0) is 0 Å². The van der Waals surface area contributed by atoms with Crippen LogP contribution in [0.2, 0.25) is 0 Å². The summed E-state index contributed by atoms with van der Waals surface area (Å²) in [6.45, 7) is 4.05. The molecular formula is C11H14N2. The molecule has 2 N–H and O–H groups in total. The highest BCUT2D eigenvalue weighted by atomic mass is 14.6. The highest BCUT2D eigenvalue weighted by molar-refractivity contribution is 5.33. The van der Waals surface area contributed by atoms with Crippen molar-refractivity contribution >= 4 is 0 Å². The number of nitrogens with two attached hydrogens (primary N) is 1. The maximum atomic E-state index is 8.53. The lowest BCUT2D eigenvalue weighted by Crippen LogP contribution is -2.10. The van der Waals surface area contributed by atoms with Gasteiger partial charge in [0.05, 0.1) is 12.5 Å². The van der Waals surface area contributed by atoms with E-state index in [9.17, 15) is 0 Å². The van der Waals surface area contributed by atoms with Crippen molar-refractivity contribution in [1.29, 1.82) is 5.26 Å². The predicted molar refractivity (Wildman–Crippen MR) is 53.1 cm³/mol. The maximum absolute atomic E-state index is 8.53. The molecule has 1 rings (SSSR count). The Balaban J connectivity index is 3.00. The molecule has 0 saturated heterocycles. The molecule has 2 heteroatoms. The van der Waals surface area contributed by atoms with Crippen LogP contribution in [0.4, 0.5) is 0 Å². The largest absolute Gasteiger partial charge is 0.323 e. The molecular weight excluding hydrogens is 160 g/mol. The van der Waals surface area contributed by atoms with E-state index in [0.29, 0.717) is 6.42 Å². The van der Waals surface area contributed by atoms with E-state index in [2.05, 4.69) is 18.2 Å². The van der Waals surface area contributed by atoms with Gasteiger partial charge in [0.2, 0.25) is 0 Å². The molecule has 0 amide bonds. The number of benzene rings is 1. The molecule has 0 aliphatic carbocycles. The molecule has 0 heterocycles. The number of hydrogen-bond acceptors (Lipinski definition) is 2. The number of rotatable bonds is 2. The molecule has 0 bridgehead atoms. The third kappa shape index (κ3) is 2.30. The lowest BCUT2D eigenvalue weighted by Gasteiger charge is -2.11. The SMILES string of the molecule is Cc1ccc(C)c([C@H](N)CC#N)c1. The summed E-state index contributed by atoms with van der Waals surface area (Å²) in [7, 11) is 0. The van der Waals surface area contributed by atoms with Gasteiger partial charge in [-0.3, -0.25) is 0 Å². The van der Waals surface area contributed by atoms with Gasteiger partial charge in [0.1, 0.15) is 0 Å². The Bertz CT molecular complexity index is 336. The van der Waals surface area contributed by atoms with Crippen LogP contribution in [0.25, 0.3) is 0 Å². The first kappa shape index (κ1) is 9.76. The first-order chi connectivity index (χ1) is 6.15. The van der Waals surface area contributed by atoms with E-state index < -0.39 is 0 Å². The van der Waals surface area contributed by atoms with Gasteiger partial charge in [-0.2, -0.15) is 5.26 Å². The van der Waals surface area contributed by atoms with Gasteiger partial charge < -0.3 is 5.73 Å². The molecule has 0 aliphatic heterocycles. The Labute approximate surface area is 79.0 Å². The van der Waals surface area contributed by atoms with Crippen LogP contribution in [0.15, 0.2) is 18.2 Å². The molecule has 0 saturated carbocycles. The number of aryl methyl sites for hydroxylation is 2. The topological polar surface area (TPSA) is 49.8 Å². The summed E-state index contributed by atoms with van der Waals surface area (Å²) >= 11 is 0. The average Bonchev–Trinajstić information content (AvgIpc) is 2.09. The third-order valence-corrected chi connectivity index (χ3v) is 2.15. The molecule has 2 nitrogen and oxygen atoms in total. The van der Waals surface area contributed by atoms with Gasteiger partial charge in [0, 0.05) is 6.04 Å². The van der Waals surface area contributed by atoms with Crippen molar-refractivity contribution in [2.45, 2.75) is 26.3 Å². The molecule has 0 fully saturated rings. The molecule has 1 aromatic rings. The zero-order valence-electron chi connectivity index (χ0n) is 8.04. The Morgan fingerprint density at radius 2 is 2.15 bits per heavy atom. The Kier molecular flexibility index (Phi) is 3.05. The van der Waals surface area contributed by atoms with Crippen molar-refractivity contribution in [2.75, 3.05) is 0 Å². The van der Waals surface area contributed by atoms with Crippen LogP contribution < -0.4 is 5.73 Å². The van der Waals surface area contributed by atoms with Gasteiger partial charge in [-0.05, 0) is 25.0 Å². The first-order valence-electron chi connectivity index (χ1n) is 4.35. The summed E-state index contributed by atoms with van der Waals surface area (Å²) in [4.78, 5) is 0. The van der Waals surface area contributed by atoms with E-state index in [1.54, 1.807) is 0 Å². The second kappa shape index (κ2) is 4.06. The lowest BCUT2D eigenvalue weighted by molar-refractivity contribution is 0.741. The Hall–Kier alpha value is -1.33. The van der Waals surface area contributed by atoms with Crippen LogP contribution in [0.1, 0.15) is 29.2 Å². The van der Waals surface area contributed by atoms with E-state index in [4.69, 9.17) is 11.0 Å². The van der Waals surface area contributed by atoms with Crippen LogP contribution in [-0.4, -0.2) is 0 Å². The van der Waals surface area contributed by atoms with Gasteiger partial charge in [0.25, 0.3) is 0 Å². The standard InChI is InChI=1S/C11H14N2/c1-8-3-4-9(2)10(7-8)11(13)5-6-12/h3-4,7,11H,5,13H2,1-2H3/t11-/m1/s1. The van der Waals surface area contributed by atoms with Gasteiger partial charge in [-0.1, -0.05) is 23.8 Å². The molecule has 0 spiro atoms. The van der Waals surface area contributed by atoms with Crippen molar-refractivity contribution < 1.29 is 0 Å². The van der Waals surface area contributed by atoms with E-state index in [1.165, 1.54) is 5.56 Å². The van der Waals surface area contributed by atoms with E-state index in [1.807, 2.05) is 19.9 Å². The third-order valence-electron chi connectivity index (χ3n) is 2.15. The summed E-state index contributed by atoms with van der Waals surface area (Å²) in [5.41, 5.74) is 9.29.